The molecule has 0 unspecified atom stereocenters. The lowest BCUT2D eigenvalue weighted by Crippen LogP contribution is -2.53. The molecule has 1 aromatic carbocycles. The second-order valence-electron chi connectivity index (χ2n) is 4.18. The van der Waals surface area contributed by atoms with Crippen molar-refractivity contribution in [2.24, 2.45) is 5.73 Å². The van der Waals surface area contributed by atoms with Crippen molar-refractivity contribution < 1.29 is 0 Å². The topological polar surface area (TPSA) is 38.0 Å². The first kappa shape index (κ1) is 9.69. The third-order valence-corrected chi connectivity index (χ3v) is 3.44. The van der Waals surface area contributed by atoms with Crippen LogP contribution in [0.4, 0.5) is 0 Å². The van der Waals surface area contributed by atoms with Crippen LogP contribution in [0.25, 0.3) is 0 Å². The Hall–Kier alpha value is -0.860. The van der Waals surface area contributed by atoms with Gasteiger partial charge in [0, 0.05) is 12.1 Å². The summed E-state index contributed by atoms with van der Waals surface area (Å²) in [5.74, 6) is 0. The average molecular weight is 190 g/mol. The highest BCUT2D eigenvalue weighted by atomic mass is 15.0. The zero-order chi connectivity index (χ0) is 10.0. The lowest BCUT2D eigenvalue weighted by atomic mass is 9.78. The number of likely N-dealkylation sites (N-methyl/N-ethyl adjacent to an activating group) is 1. The molecule has 2 heteroatoms. The number of hydrogen-bond acceptors (Lipinski definition) is 2. The van der Waals surface area contributed by atoms with Gasteiger partial charge in [0.25, 0.3) is 0 Å². The smallest absolute Gasteiger partial charge is 0.0345 e. The Morgan fingerprint density at radius 2 is 2.07 bits per heavy atom. The predicted molar refractivity (Wildman–Crippen MR) is 59.3 cm³/mol. The number of nitrogens with two attached hydrogens (primary N) is 1. The van der Waals surface area contributed by atoms with Crippen molar-refractivity contribution in [3.8, 4) is 0 Å². The van der Waals surface area contributed by atoms with E-state index in [0.717, 1.165) is 25.8 Å². The van der Waals surface area contributed by atoms with Crippen LogP contribution < -0.4 is 11.1 Å². The van der Waals surface area contributed by atoms with Crippen molar-refractivity contribution in [1.29, 1.82) is 0 Å². The van der Waals surface area contributed by atoms with E-state index in [9.17, 15) is 0 Å². The number of hydrogen-bond donors (Lipinski definition) is 2. The summed E-state index contributed by atoms with van der Waals surface area (Å²) in [5, 5.41) is 3.38. The van der Waals surface area contributed by atoms with Gasteiger partial charge in [0.05, 0.1) is 0 Å². The van der Waals surface area contributed by atoms with E-state index in [-0.39, 0.29) is 5.54 Å². The van der Waals surface area contributed by atoms with Crippen LogP contribution in [0.3, 0.4) is 0 Å². The number of nitrogens with one attached hydrogen (secondary N) is 1. The zero-order valence-electron chi connectivity index (χ0n) is 8.72. The minimum Gasteiger partial charge on any atom is -0.329 e. The van der Waals surface area contributed by atoms with Crippen LogP contribution in [-0.2, 0) is 12.8 Å². The van der Waals surface area contributed by atoms with Crippen LogP contribution in [0.5, 0.6) is 0 Å². The van der Waals surface area contributed by atoms with Crippen LogP contribution in [0.15, 0.2) is 24.3 Å². The fraction of sp³-hybridized carbons (Fsp3) is 0.500. The minimum atomic E-state index is 0.133. The third kappa shape index (κ3) is 1.56. The molecule has 2 nitrogen and oxygen atoms in total. The Kier molecular flexibility index (Phi) is 2.57. The summed E-state index contributed by atoms with van der Waals surface area (Å²) in [7, 11) is 2.01. The number of fused-ring (bicyclic) bond motifs is 1. The first-order valence-corrected chi connectivity index (χ1v) is 5.25. The normalized spacial score (nSPS) is 25.9. The summed E-state index contributed by atoms with van der Waals surface area (Å²) in [6.07, 6.45) is 3.36. The predicted octanol–water partition coefficient (Wildman–Crippen LogP) is 1.09. The Morgan fingerprint density at radius 1 is 1.36 bits per heavy atom. The summed E-state index contributed by atoms with van der Waals surface area (Å²) >= 11 is 0. The van der Waals surface area contributed by atoms with Crippen molar-refractivity contribution >= 4 is 0 Å². The van der Waals surface area contributed by atoms with Gasteiger partial charge in [-0.3, -0.25) is 0 Å². The SMILES string of the molecule is CN[C@@]1(CN)CCc2ccccc2C1. The third-order valence-electron chi connectivity index (χ3n) is 3.44. The maximum Gasteiger partial charge on any atom is 0.0345 e. The molecule has 0 radical (unpaired) electrons. The molecule has 0 aromatic heterocycles. The van der Waals surface area contributed by atoms with Crippen LogP contribution in [0.2, 0.25) is 0 Å². The molecule has 2 rings (SSSR count). The van der Waals surface area contributed by atoms with E-state index in [4.69, 9.17) is 5.73 Å². The summed E-state index contributed by atoms with van der Waals surface area (Å²) in [6, 6.07) is 8.68. The maximum atomic E-state index is 5.84. The monoisotopic (exact) mass is 190 g/mol. The quantitative estimate of drug-likeness (QED) is 0.732. The van der Waals surface area contributed by atoms with Gasteiger partial charge >= 0.3 is 0 Å². The van der Waals surface area contributed by atoms with Crippen LogP contribution >= 0.6 is 0 Å². The summed E-state index contributed by atoms with van der Waals surface area (Å²) in [4.78, 5) is 0. The van der Waals surface area contributed by atoms with Gasteiger partial charge in [0.1, 0.15) is 0 Å². The van der Waals surface area contributed by atoms with Crippen molar-refractivity contribution in [3.05, 3.63) is 35.4 Å². The maximum absolute atomic E-state index is 5.84. The highest BCUT2D eigenvalue weighted by Crippen LogP contribution is 2.27. The van der Waals surface area contributed by atoms with Gasteiger partial charge in [-0.05, 0) is 37.4 Å². The van der Waals surface area contributed by atoms with Gasteiger partial charge in [-0.25, -0.2) is 0 Å². The Balaban J connectivity index is 2.28. The van der Waals surface area contributed by atoms with E-state index in [0.29, 0.717) is 0 Å². The van der Waals surface area contributed by atoms with E-state index in [1.54, 1.807) is 0 Å². The first-order valence-electron chi connectivity index (χ1n) is 5.25. The molecule has 14 heavy (non-hydrogen) atoms. The molecule has 76 valence electrons. The summed E-state index contributed by atoms with van der Waals surface area (Å²) in [6.45, 7) is 0.720. The molecule has 1 aromatic rings. The summed E-state index contributed by atoms with van der Waals surface area (Å²) in [5.41, 5.74) is 8.93. The van der Waals surface area contributed by atoms with Crippen LogP contribution in [0, 0.1) is 0 Å². The Labute approximate surface area is 85.5 Å². The molecule has 0 saturated carbocycles. The van der Waals surface area contributed by atoms with Crippen molar-refractivity contribution in [3.63, 3.8) is 0 Å². The van der Waals surface area contributed by atoms with Gasteiger partial charge in [-0.1, -0.05) is 24.3 Å². The molecule has 0 fully saturated rings. The molecule has 0 amide bonds. The van der Waals surface area contributed by atoms with Crippen molar-refractivity contribution in [1.82, 2.24) is 5.32 Å². The highest BCUT2D eigenvalue weighted by Gasteiger charge is 2.30. The number of benzene rings is 1. The van der Waals surface area contributed by atoms with Gasteiger partial charge < -0.3 is 11.1 Å². The van der Waals surface area contributed by atoms with E-state index in [1.165, 1.54) is 11.1 Å². The average Bonchev–Trinajstić information content (AvgIpc) is 2.28. The lowest BCUT2D eigenvalue weighted by molar-refractivity contribution is 0.316. The molecule has 0 heterocycles. The van der Waals surface area contributed by atoms with Crippen molar-refractivity contribution in [2.75, 3.05) is 13.6 Å². The molecule has 0 saturated heterocycles. The van der Waals surface area contributed by atoms with Crippen LogP contribution in [-0.4, -0.2) is 19.1 Å². The fourth-order valence-corrected chi connectivity index (χ4v) is 2.29. The van der Waals surface area contributed by atoms with Crippen LogP contribution in [0.1, 0.15) is 17.5 Å². The fourth-order valence-electron chi connectivity index (χ4n) is 2.29. The molecule has 1 atom stereocenters. The molecule has 0 aliphatic heterocycles. The zero-order valence-corrected chi connectivity index (χ0v) is 8.72. The highest BCUT2D eigenvalue weighted by molar-refractivity contribution is 5.32. The van der Waals surface area contributed by atoms with Gasteiger partial charge in [0.2, 0.25) is 0 Å². The van der Waals surface area contributed by atoms with E-state index in [1.807, 2.05) is 7.05 Å². The number of rotatable bonds is 2. The van der Waals surface area contributed by atoms with E-state index >= 15 is 0 Å². The first-order chi connectivity index (χ1) is 6.79. The van der Waals surface area contributed by atoms with E-state index in [2.05, 4.69) is 29.6 Å². The molecule has 1 aliphatic carbocycles. The minimum absolute atomic E-state index is 0.133. The molecular weight excluding hydrogens is 172 g/mol. The second kappa shape index (κ2) is 3.71. The van der Waals surface area contributed by atoms with Gasteiger partial charge in [0.15, 0.2) is 0 Å². The second-order valence-corrected chi connectivity index (χ2v) is 4.18. The summed E-state index contributed by atoms with van der Waals surface area (Å²) < 4.78 is 0. The van der Waals surface area contributed by atoms with E-state index < -0.39 is 0 Å². The van der Waals surface area contributed by atoms with Crippen molar-refractivity contribution in [2.45, 2.75) is 24.8 Å². The van der Waals surface area contributed by atoms with Gasteiger partial charge in [-0.15, -0.1) is 0 Å². The number of aryl methyl sites for hydroxylation is 1. The molecule has 1 aliphatic rings. The molecule has 0 bridgehead atoms. The van der Waals surface area contributed by atoms with Gasteiger partial charge in [-0.2, -0.15) is 0 Å². The standard InChI is InChI=1S/C12H18N2/c1-14-12(9-13)7-6-10-4-2-3-5-11(10)8-12/h2-5,14H,6-9,13H2,1H3/t12-/m0/s1. The molecule has 3 N–H and O–H groups in total. The molecule has 0 spiro atoms. The Morgan fingerprint density at radius 3 is 2.71 bits per heavy atom. The lowest BCUT2D eigenvalue weighted by Gasteiger charge is -2.37. The largest absolute Gasteiger partial charge is 0.329 e. The Bertz CT molecular complexity index is 316. The molecular formula is C12H18N2.